The van der Waals surface area contributed by atoms with Crippen LogP contribution in [-0.2, 0) is 0 Å². The van der Waals surface area contributed by atoms with Gasteiger partial charge in [-0.2, -0.15) is 0 Å². The van der Waals surface area contributed by atoms with Crippen molar-refractivity contribution in [2.45, 2.75) is 6.17 Å². The summed E-state index contributed by atoms with van der Waals surface area (Å²) in [7, 11) is 0. The van der Waals surface area contributed by atoms with Gasteiger partial charge in [0.1, 0.15) is 17.3 Å². The van der Waals surface area contributed by atoms with E-state index in [1.165, 1.54) is 38.3 Å². The number of furan rings is 2. The molecule has 0 radical (unpaired) electrons. The van der Waals surface area contributed by atoms with Gasteiger partial charge < -0.3 is 23.5 Å². The molecule has 224 valence electrons. The highest BCUT2D eigenvalue weighted by Gasteiger charge is 2.33. The van der Waals surface area contributed by atoms with E-state index in [4.69, 9.17) is 8.83 Å². The molecule has 0 aliphatic carbocycles. The lowest BCUT2D eigenvalue weighted by molar-refractivity contribution is 0.670. The van der Waals surface area contributed by atoms with Crippen molar-refractivity contribution in [3.05, 3.63) is 145 Å². The second-order valence-electron chi connectivity index (χ2n) is 12.9. The van der Waals surface area contributed by atoms with Crippen molar-refractivity contribution in [1.82, 2.24) is 4.40 Å². The standard InChI is InChI=1S/C43H25N3O2/c1-2-10-25(11-3-1)45-35-15-7-6-14-34(35)44-43(45)24-22-32-28-18-20-30-26-12-4-8-16-36(26)47-41(30)39(28)46-38(32)33(23-24)29-19-21-31-27-13-5-9-17-37(27)48-42(31)40(29)46/h1-23,43-44H. The van der Waals surface area contributed by atoms with Crippen molar-refractivity contribution < 1.29 is 8.83 Å². The number of nitrogens with one attached hydrogen (secondary N) is 1. The first kappa shape index (κ1) is 24.7. The van der Waals surface area contributed by atoms with Gasteiger partial charge in [-0.3, -0.25) is 0 Å². The molecule has 0 saturated carbocycles. The SMILES string of the molecule is c1ccc(N2c3ccccc3NC2c2cc3c4ccc5c6ccccc6oc5c4n4c3c(c2)c2ccc3c5ccccc5oc3c24)cc1. The maximum atomic E-state index is 6.72. The van der Waals surface area contributed by atoms with Gasteiger partial charge in [-0.1, -0.05) is 78.9 Å². The van der Waals surface area contributed by atoms with Crippen molar-refractivity contribution in [1.29, 1.82) is 0 Å². The molecule has 1 aliphatic heterocycles. The minimum absolute atomic E-state index is 0.0993. The van der Waals surface area contributed by atoms with Crippen LogP contribution in [0.4, 0.5) is 17.1 Å². The first-order valence-corrected chi connectivity index (χ1v) is 16.4. The van der Waals surface area contributed by atoms with Gasteiger partial charge in [0.15, 0.2) is 11.2 Å². The van der Waals surface area contributed by atoms with Crippen LogP contribution in [-0.4, -0.2) is 4.40 Å². The van der Waals surface area contributed by atoms with E-state index >= 15 is 0 Å². The minimum atomic E-state index is -0.0993. The third kappa shape index (κ3) is 2.97. The molecule has 1 atom stereocenters. The van der Waals surface area contributed by atoms with Crippen molar-refractivity contribution in [3.63, 3.8) is 0 Å². The maximum absolute atomic E-state index is 6.72. The van der Waals surface area contributed by atoms with Crippen molar-refractivity contribution in [2.75, 3.05) is 10.2 Å². The third-order valence-electron chi connectivity index (χ3n) is 10.5. The van der Waals surface area contributed by atoms with Gasteiger partial charge in [-0.05, 0) is 66.2 Å². The zero-order chi connectivity index (χ0) is 31.1. The number of anilines is 3. The molecule has 0 fully saturated rings. The monoisotopic (exact) mass is 615 g/mol. The molecule has 12 rings (SSSR count). The van der Waals surface area contributed by atoms with Gasteiger partial charge in [-0.25, -0.2) is 0 Å². The molecule has 5 nitrogen and oxygen atoms in total. The summed E-state index contributed by atoms with van der Waals surface area (Å²) in [5.41, 5.74) is 11.6. The highest BCUT2D eigenvalue weighted by molar-refractivity contribution is 6.31. The van der Waals surface area contributed by atoms with Crippen LogP contribution in [0.25, 0.3) is 82.0 Å². The fourth-order valence-electron chi connectivity index (χ4n) is 8.50. The van der Waals surface area contributed by atoms with Crippen LogP contribution < -0.4 is 10.2 Å². The average molecular weight is 616 g/mol. The number of benzene rings is 7. The Kier molecular flexibility index (Phi) is 4.46. The lowest BCUT2D eigenvalue weighted by Gasteiger charge is -2.27. The number of rotatable bonds is 2. The molecular weight excluding hydrogens is 590 g/mol. The van der Waals surface area contributed by atoms with Crippen LogP contribution in [0.2, 0.25) is 0 Å². The lowest BCUT2D eigenvalue weighted by atomic mass is 10.0. The number of fused-ring (bicyclic) bond motifs is 15. The lowest BCUT2D eigenvalue weighted by Crippen LogP contribution is -2.23. The van der Waals surface area contributed by atoms with E-state index in [0.717, 1.165) is 66.3 Å². The van der Waals surface area contributed by atoms with E-state index < -0.39 is 0 Å². The number of aromatic nitrogens is 1. The summed E-state index contributed by atoms with van der Waals surface area (Å²) in [5.74, 6) is 0. The highest BCUT2D eigenvalue weighted by Crippen LogP contribution is 2.50. The highest BCUT2D eigenvalue weighted by atomic mass is 16.3. The van der Waals surface area contributed by atoms with Crippen LogP contribution in [0.1, 0.15) is 11.7 Å². The Bertz CT molecular complexity index is 2950. The first-order valence-electron chi connectivity index (χ1n) is 16.4. The summed E-state index contributed by atoms with van der Waals surface area (Å²) in [6.45, 7) is 0. The Hall–Kier alpha value is -6.46. The van der Waals surface area contributed by atoms with E-state index in [1.54, 1.807) is 0 Å². The van der Waals surface area contributed by atoms with Crippen LogP contribution in [0, 0.1) is 0 Å². The summed E-state index contributed by atoms with van der Waals surface area (Å²) in [6, 6.07) is 49.7. The van der Waals surface area contributed by atoms with Crippen LogP contribution in [0.5, 0.6) is 0 Å². The molecule has 0 saturated heterocycles. The molecule has 0 bridgehead atoms. The van der Waals surface area contributed by atoms with Crippen LogP contribution in [0.15, 0.2) is 148 Å². The molecular formula is C43H25N3O2. The predicted octanol–water partition coefficient (Wildman–Crippen LogP) is 11.9. The van der Waals surface area contributed by atoms with E-state index in [-0.39, 0.29) is 6.17 Å². The van der Waals surface area contributed by atoms with E-state index in [9.17, 15) is 0 Å². The second-order valence-corrected chi connectivity index (χ2v) is 12.9. The Labute approximate surface area is 273 Å². The topological polar surface area (TPSA) is 46.0 Å². The van der Waals surface area contributed by atoms with E-state index in [2.05, 4.69) is 142 Å². The summed E-state index contributed by atoms with van der Waals surface area (Å²) in [6.07, 6.45) is -0.0993. The Morgan fingerprint density at radius 1 is 0.458 bits per heavy atom. The van der Waals surface area contributed by atoms with Gasteiger partial charge in [0.25, 0.3) is 0 Å². The van der Waals surface area contributed by atoms with Crippen LogP contribution in [0.3, 0.4) is 0 Å². The predicted molar refractivity (Wildman–Crippen MR) is 197 cm³/mol. The Balaban J connectivity index is 1.26. The normalized spacial score (nSPS) is 15.0. The largest absolute Gasteiger partial charge is 0.454 e. The second kappa shape index (κ2) is 8.66. The molecule has 7 aromatic carbocycles. The summed E-state index contributed by atoms with van der Waals surface area (Å²) < 4.78 is 15.9. The number of hydrogen-bond donors (Lipinski definition) is 1. The number of hydrogen-bond acceptors (Lipinski definition) is 4. The number of nitrogens with zero attached hydrogens (tertiary/aromatic N) is 2. The van der Waals surface area contributed by atoms with Gasteiger partial charge in [0, 0.05) is 48.8 Å². The maximum Gasteiger partial charge on any atom is 0.160 e. The Morgan fingerprint density at radius 3 is 1.65 bits per heavy atom. The van der Waals surface area contributed by atoms with Gasteiger partial charge in [0.2, 0.25) is 0 Å². The van der Waals surface area contributed by atoms with Crippen molar-refractivity contribution in [3.8, 4) is 0 Å². The van der Waals surface area contributed by atoms with Gasteiger partial charge in [-0.15, -0.1) is 0 Å². The fraction of sp³-hybridized carbons (Fsp3) is 0.0233. The van der Waals surface area contributed by atoms with Crippen molar-refractivity contribution in [2.24, 2.45) is 0 Å². The molecule has 5 heteroatoms. The summed E-state index contributed by atoms with van der Waals surface area (Å²) >= 11 is 0. The van der Waals surface area contributed by atoms with Crippen LogP contribution >= 0.6 is 0 Å². The molecule has 0 amide bonds. The molecule has 4 aromatic heterocycles. The zero-order valence-corrected chi connectivity index (χ0v) is 25.6. The smallest absolute Gasteiger partial charge is 0.160 e. The third-order valence-corrected chi connectivity index (χ3v) is 10.5. The fourth-order valence-corrected chi connectivity index (χ4v) is 8.50. The molecule has 11 aromatic rings. The molecule has 0 spiro atoms. The molecule has 1 unspecified atom stereocenters. The average Bonchev–Trinajstić information content (AvgIpc) is 3.94. The molecule has 48 heavy (non-hydrogen) atoms. The van der Waals surface area contributed by atoms with Gasteiger partial charge in [0.05, 0.1) is 27.9 Å². The first-order chi connectivity index (χ1) is 23.8. The van der Waals surface area contributed by atoms with Crippen molar-refractivity contribution >= 4 is 99.0 Å². The molecule has 1 aliphatic rings. The van der Waals surface area contributed by atoms with E-state index in [0.29, 0.717) is 0 Å². The zero-order valence-electron chi connectivity index (χ0n) is 25.6. The quantitative estimate of drug-likeness (QED) is 0.210. The van der Waals surface area contributed by atoms with Gasteiger partial charge >= 0.3 is 0 Å². The molecule has 5 heterocycles. The Morgan fingerprint density at radius 2 is 1.00 bits per heavy atom. The summed E-state index contributed by atoms with van der Waals surface area (Å²) in [5, 5.41) is 13.1. The summed E-state index contributed by atoms with van der Waals surface area (Å²) in [4.78, 5) is 2.41. The van der Waals surface area contributed by atoms with E-state index in [1.807, 2.05) is 12.1 Å². The molecule has 1 N–H and O–H groups in total. The minimum Gasteiger partial charge on any atom is -0.454 e. The number of para-hydroxylation sites is 5.